The highest BCUT2D eigenvalue weighted by atomic mass is 16.5. The number of hydrogen-bond acceptors (Lipinski definition) is 3. The molecule has 4 rings (SSSR count). The van der Waals surface area contributed by atoms with Gasteiger partial charge in [0.15, 0.2) is 11.5 Å². The predicted octanol–water partition coefficient (Wildman–Crippen LogP) is 6.79. The van der Waals surface area contributed by atoms with E-state index < -0.39 is 0 Å². The minimum absolute atomic E-state index is 0.480. The summed E-state index contributed by atoms with van der Waals surface area (Å²) in [6, 6.07) is 26.7. The number of aryl methyl sites for hydroxylation is 2. The molecule has 0 spiro atoms. The molecule has 30 heavy (non-hydrogen) atoms. The second-order valence-corrected chi connectivity index (χ2v) is 7.36. The van der Waals surface area contributed by atoms with Gasteiger partial charge in [0.2, 0.25) is 0 Å². The second kappa shape index (κ2) is 8.83. The van der Waals surface area contributed by atoms with E-state index in [4.69, 9.17) is 9.47 Å². The van der Waals surface area contributed by atoms with Crippen LogP contribution in [-0.2, 0) is 6.61 Å². The van der Waals surface area contributed by atoms with Gasteiger partial charge in [-0.05, 0) is 77.2 Å². The van der Waals surface area contributed by atoms with Crippen molar-refractivity contribution in [2.24, 2.45) is 4.99 Å². The molecule has 150 valence electrons. The zero-order valence-corrected chi connectivity index (χ0v) is 17.6. The Morgan fingerprint density at radius 3 is 2.47 bits per heavy atom. The van der Waals surface area contributed by atoms with Gasteiger partial charge in [0.05, 0.1) is 12.8 Å². The van der Waals surface area contributed by atoms with E-state index in [1.165, 1.54) is 21.9 Å². The summed E-state index contributed by atoms with van der Waals surface area (Å²) < 4.78 is 11.7. The van der Waals surface area contributed by atoms with Crippen LogP contribution in [0.25, 0.3) is 10.8 Å². The first-order valence-electron chi connectivity index (χ1n) is 10.0. The van der Waals surface area contributed by atoms with Crippen molar-refractivity contribution in [3.05, 3.63) is 101 Å². The highest BCUT2D eigenvalue weighted by molar-refractivity contribution is 5.85. The minimum Gasteiger partial charge on any atom is -0.493 e. The van der Waals surface area contributed by atoms with Gasteiger partial charge in [0, 0.05) is 6.21 Å². The molecule has 0 saturated heterocycles. The monoisotopic (exact) mass is 395 g/mol. The summed E-state index contributed by atoms with van der Waals surface area (Å²) in [5.41, 5.74) is 5.55. The van der Waals surface area contributed by atoms with Crippen molar-refractivity contribution in [1.29, 1.82) is 0 Å². The van der Waals surface area contributed by atoms with Crippen LogP contribution in [0.5, 0.6) is 11.5 Å². The highest BCUT2D eigenvalue weighted by Gasteiger charge is 2.07. The molecule has 0 atom stereocenters. The maximum atomic E-state index is 6.10. The lowest BCUT2D eigenvalue weighted by molar-refractivity contribution is 0.285. The molecule has 0 aromatic heterocycles. The van der Waals surface area contributed by atoms with Crippen LogP contribution >= 0.6 is 0 Å². The van der Waals surface area contributed by atoms with Crippen molar-refractivity contribution in [2.45, 2.75) is 20.5 Å². The minimum atomic E-state index is 0.480. The zero-order valence-electron chi connectivity index (χ0n) is 17.6. The molecule has 4 aromatic carbocycles. The van der Waals surface area contributed by atoms with Crippen LogP contribution in [0.4, 0.5) is 5.69 Å². The molecule has 0 aliphatic heterocycles. The van der Waals surface area contributed by atoms with E-state index in [0.29, 0.717) is 18.1 Å². The van der Waals surface area contributed by atoms with Crippen molar-refractivity contribution < 1.29 is 9.47 Å². The topological polar surface area (TPSA) is 30.8 Å². The first-order valence-corrected chi connectivity index (χ1v) is 10.0. The predicted molar refractivity (Wildman–Crippen MR) is 124 cm³/mol. The van der Waals surface area contributed by atoms with Crippen molar-refractivity contribution in [3.63, 3.8) is 0 Å². The number of rotatable bonds is 6. The van der Waals surface area contributed by atoms with Gasteiger partial charge in [0.1, 0.15) is 6.61 Å². The number of nitrogens with zero attached hydrogens (tertiary/aromatic N) is 1. The number of benzene rings is 4. The van der Waals surface area contributed by atoms with E-state index >= 15 is 0 Å². The van der Waals surface area contributed by atoms with Crippen LogP contribution in [0.2, 0.25) is 0 Å². The Balaban J connectivity index is 1.52. The van der Waals surface area contributed by atoms with Crippen LogP contribution in [0.1, 0.15) is 22.3 Å². The van der Waals surface area contributed by atoms with E-state index in [0.717, 1.165) is 16.8 Å². The van der Waals surface area contributed by atoms with E-state index in [1.807, 2.05) is 36.5 Å². The summed E-state index contributed by atoms with van der Waals surface area (Å²) in [5, 5.41) is 2.42. The van der Waals surface area contributed by atoms with E-state index in [-0.39, 0.29) is 0 Å². The Kier molecular flexibility index (Phi) is 5.80. The van der Waals surface area contributed by atoms with E-state index in [9.17, 15) is 0 Å². The molecular formula is C27H25NO2. The van der Waals surface area contributed by atoms with Crippen molar-refractivity contribution >= 4 is 22.7 Å². The van der Waals surface area contributed by atoms with E-state index in [1.54, 1.807) is 7.11 Å². The fourth-order valence-corrected chi connectivity index (χ4v) is 3.41. The average molecular weight is 396 g/mol. The second-order valence-electron chi connectivity index (χ2n) is 7.36. The fraction of sp³-hybridized carbons (Fsp3) is 0.148. The summed E-state index contributed by atoms with van der Waals surface area (Å²) >= 11 is 0. The molecular weight excluding hydrogens is 370 g/mol. The van der Waals surface area contributed by atoms with Gasteiger partial charge in [-0.2, -0.15) is 0 Å². The Morgan fingerprint density at radius 1 is 0.800 bits per heavy atom. The van der Waals surface area contributed by atoms with Crippen molar-refractivity contribution in [1.82, 2.24) is 0 Å². The lowest BCUT2D eigenvalue weighted by Gasteiger charge is -2.12. The molecule has 0 unspecified atom stereocenters. The number of aliphatic imine (C=N–C) groups is 1. The first-order chi connectivity index (χ1) is 14.6. The summed E-state index contributed by atoms with van der Waals surface area (Å²) in [7, 11) is 1.66. The van der Waals surface area contributed by atoms with Gasteiger partial charge in [-0.15, -0.1) is 0 Å². The summed E-state index contributed by atoms with van der Waals surface area (Å²) in [4.78, 5) is 4.59. The number of methoxy groups -OCH3 is 1. The van der Waals surface area contributed by atoms with Gasteiger partial charge in [-0.1, -0.05) is 48.5 Å². The molecule has 0 aliphatic rings. The molecule has 3 heteroatoms. The molecule has 4 aromatic rings. The van der Waals surface area contributed by atoms with Crippen molar-refractivity contribution in [3.8, 4) is 11.5 Å². The van der Waals surface area contributed by atoms with Crippen LogP contribution in [0.3, 0.4) is 0 Å². The standard InChI is InChI=1S/C27H25NO2/c1-19-11-13-24(15-20(19)2)28-17-21-12-14-26(27(16-21)29-3)30-18-23-9-6-8-22-7-4-5-10-25(22)23/h4-17H,18H2,1-3H3. The third-order valence-corrected chi connectivity index (χ3v) is 5.30. The lowest BCUT2D eigenvalue weighted by atomic mass is 10.1. The molecule has 0 radical (unpaired) electrons. The number of fused-ring (bicyclic) bond motifs is 1. The molecule has 0 N–H and O–H groups in total. The van der Waals surface area contributed by atoms with Gasteiger partial charge in [0.25, 0.3) is 0 Å². The van der Waals surface area contributed by atoms with Gasteiger partial charge in [-0.3, -0.25) is 4.99 Å². The molecule has 3 nitrogen and oxygen atoms in total. The zero-order chi connectivity index (χ0) is 20.9. The van der Waals surface area contributed by atoms with Gasteiger partial charge >= 0.3 is 0 Å². The average Bonchev–Trinajstić information content (AvgIpc) is 2.78. The summed E-state index contributed by atoms with van der Waals surface area (Å²) in [6.45, 7) is 4.68. The molecule has 0 bridgehead atoms. The largest absolute Gasteiger partial charge is 0.493 e. The number of hydrogen-bond donors (Lipinski definition) is 0. The fourth-order valence-electron chi connectivity index (χ4n) is 3.41. The smallest absolute Gasteiger partial charge is 0.161 e. The first kappa shape index (κ1) is 19.7. The Bertz CT molecular complexity index is 1210. The lowest BCUT2D eigenvalue weighted by Crippen LogP contribution is -1.99. The SMILES string of the molecule is COc1cc(C=Nc2ccc(C)c(C)c2)ccc1OCc1cccc2ccccc12. The normalized spacial score (nSPS) is 11.2. The van der Waals surface area contributed by atoms with Crippen LogP contribution in [0, 0.1) is 13.8 Å². The summed E-state index contributed by atoms with van der Waals surface area (Å²) in [5.74, 6) is 1.41. The molecule has 0 aliphatic carbocycles. The third-order valence-electron chi connectivity index (χ3n) is 5.30. The van der Waals surface area contributed by atoms with Crippen LogP contribution in [0.15, 0.2) is 83.9 Å². The Hall–Kier alpha value is -3.59. The molecule has 0 fully saturated rings. The van der Waals surface area contributed by atoms with E-state index in [2.05, 4.69) is 67.4 Å². The van der Waals surface area contributed by atoms with Gasteiger partial charge in [-0.25, -0.2) is 0 Å². The Morgan fingerprint density at radius 2 is 1.63 bits per heavy atom. The van der Waals surface area contributed by atoms with Crippen LogP contribution < -0.4 is 9.47 Å². The number of ether oxygens (including phenoxy) is 2. The maximum Gasteiger partial charge on any atom is 0.161 e. The third kappa shape index (κ3) is 4.36. The summed E-state index contributed by atoms with van der Waals surface area (Å²) in [6.07, 6.45) is 1.85. The highest BCUT2D eigenvalue weighted by Crippen LogP contribution is 2.29. The molecule has 0 amide bonds. The molecule has 0 heterocycles. The van der Waals surface area contributed by atoms with Crippen molar-refractivity contribution in [2.75, 3.05) is 7.11 Å². The Labute approximate surface area is 177 Å². The molecule has 0 saturated carbocycles. The maximum absolute atomic E-state index is 6.10. The quantitative estimate of drug-likeness (QED) is 0.336. The van der Waals surface area contributed by atoms with Crippen LogP contribution in [-0.4, -0.2) is 13.3 Å². The van der Waals surface area contributed by atoms with Gasteiger partial charge < -0.3 is 9.47 Å².